The molecule has 0 N–H and O–H groups in total. The fourth-order valence-electron chi connectivity index (χ4n) is 2.40. The summed E-state index contributed by atoms with van der Waals surface area (Å²) in [5.74, 6) is 0.0890. The topological polar surface area (TPSA) is 65.6 Å². The molecule has 0 saturated heterocycles. The summed E-state index contributed by atoms with van der Waals surface area (Å²) >= 11 is 0. The summed E-state index contributed by atoms with van der Waals surface area (Å²) in [4.78, 5) is 12.3. The lowest BCUT2D eigenvalue weighted by molar-refractivity contribution is 0.0972. The van der Waals surface area contributed by atoms with Gasteiger partial charge in [0.15, 0.2) is 5.78 Å². The largest absolute Gasteiger partial charge is 0.292 e. The molecule has 0 unspecified atom stereocenters. The minimum Gasteiger partial charge on any atom is -0.292 e. The average molecular weight is 275 g/mol. The Hall–Kier alpha value is -1.98. The molecule has 0 fully saturated rings. The van der Waals surface area contributed by atoms with E-state index in [0.717, 1.165) is 29.9 Å². The third-order valence-electron chi connectivity index (χ3n) is 3.60. The smallest absolute Gasteiger partial charge is 0.182 e. The standard InChI is InChI=1S/C14H21N5O/c1-5-8-19-13(9-15-17-19)14(20)7-6-12-10(2)16-18(4)11(12)3/h9H,5-8H2,1-4H3. The van der Waals surface area contributed by atoms with Crippen LogP contribution in [0.3, 0.4) is 0 Å². The van der Waals surface area contributed by atoms with Gasteiger partial charge in [0.25, 0.3) is 0 Å². The van der Waals surface area contributed by atoms with Gasteiger partial charge in [-0.1, -0.05) is 12.1 Å². The Morgan fingerprint density at radius 1 is 1.35 bits per heavy atom. The van der Waals surface area contributed by atoms with Crippen LogP contribution in [0.1, 0.15) is 47.2 Å². The number of carbonyl (C=O) groups excluding carboxylic acids is 1. The first-order valence-corrected chi connectivity index (χ1v) is 6.95. The van der Waals surface area contributed by atoms with Crippen molar-refractivity contribution in [2.24, 2.45) is 7.05 Å². The third-order valence-corrected chi connectivity index (χ3v) is 3.60. The number of aromatic nitrogens is 5. The Bertz CT molecular complexity index is 611. The Kier molecular flexibility index (Phi) is 4.32. The van der Waals surface area contributed by atoms with Crippen LogP contribution in [0.25, 0.3) is 0 Å². The van der Waals surface area contributed by atoms with E-state index in [4.69, 9.17) is 0 Å². The summed E-state index contributed by atoms with van der Waals surface area (Å²) < 4.78 is 3.54. The lowest BCUT2D eigenvalue weighted by Crippen LogP contribution is -2.11. The van der Waals surface area contributed by atoms with Gasteiger partial charge >= 0.3 is 0 Å². The van der Waals surface area contributed by atoms with Crippen molar-refractivity contribution < 1.29 is 4.79 Å². The van der Waals surface area contributed by atoms with E-state index in [2.05, 4.69) is 22.3 Å². The van der Waals surface area contributed by atoms with E-state index in [9.17, 15) is 4.79 Å². The Labute approximate surface area is 118 Å². The number of Topliss-reactive ketones (excluding diaryl/α,β-unsaturated/α-hetero) is 1. The fourth-order valence-corrected chi connectivity index (χ4v) is 2.40. The molecule has 20 heavy (non-hydrogen) atoms. The van der Waals surface area contributed by atoms with Crippen molar-refractivity contribution in [1.82, 2.24) is 24.8 Å². The maximum absolute atomic E-state index is 12.3. The van der Waals surface area contributed by atoms with Crippen LogP contribution in [0.15, 0.2) is 6.20 Å². The minimum absolute atomic E-state index is 0.0890. The SMILES string of the molecule is CCCn1nncc1C(=O)CCc1c(C)nn(C)c1C. The van der Waals surface area contributed by atoms with Crippen LogP contribution in [-0.2, 0) is 20.0 Å². The molecule has 0 saturated carbocycles. The number of rotatable bonds is 6. The number of hydrogen-bond acceptors (Lipinski definition) is 4. The third kappa shape index (κ3) is 2.79. The lowest BCUT2D eigenvalue weighted by atomic mass is 10.0. The summed E-state index contributed by atoms with van der Waals surface area (Å²) in [5, 5.41) is 12.2. The molecule has 2 aromatic heterocycles. The van der Waals surface area contributed by atoms with Gasteiger partial charge in [0.05, 0.1) is 11.9 Å². The van der Waals surface area contributed by atoms with E-state index in [1.165, 1.54) is 0 Å². The molecule has 0 amide bonds. The average Bonchev–Trinajstić information content (AvgIpc) is 2.95. The van der Waals surface area contributed by atoms with Crippen molar-refractivity contribution in [2.45, 2.75) is 46.6 Å². The van der Waals surface area contributed by atoms with Gasteiger partial charge in [-0.2, -0.15) is 5.10 Å². The molecule has 0 bridgehead atoms. The van der Waals surface area contributed by atoms with Gasteiger partial charge in [-0.3, -0.25) is 9.48 Å². The first-order chi connectivity index (χ1) is 9.54. The monoisotopic (exact) mass is 275 g/mol. The number of hydrogen-bond donors (Lipinski definition) is 0. The second kappa shape index (κ2) is 5.98. The molecule has 0 aliphatic carbocycles. The van der Waals surface area contributed by atoms with Crippen molar-refractivity contribution in [3.63, 3.8) is 0 Å². The van der Waals surface area contributed by atoms with E-state index in [0.29, 0.717) is 18.5 Å². The Morgan fingerprint density at radius 2 is 2.10 bits per heavy atom. The van der Waals surface area contributed by atoms with Gasteiger partial charge in [-0.05, 0) is 32.3 Å². The maximum atomic E-state index is 12.3. The highest BCUT2D eigenvalue weighted by Gasteiger charge is 2.15. The van der Waals surface area contributed by atoms with Crippen molar-refractivity contribution >= 4 is 5.78 Å². The molecule has 0 aromatic carbocycles. The summed E-state index contributed by atoms with van der Waals surface area (Å²) in [6, 6.07) is 0. The molecule has 6 heteroatoms. The predicted molar refractivity (Wildman–Crippen MR) is 75.6 cm³/mol. The van der Waals surface area contributed by atoms with Crippen molar-refractivity contribution in [3.8, 4) is 0 Å². The zero-order valence-electron chi connectivity index (χ0n) is 12.6. The van der Waals surface area contributed by atoms with Crippen molar-refractivity contribution in [2.75, 3.05) is 0 Å². The zero-order valence-corrected chi connectivity index (χ0v) is 12.6. The molecule has 0 aliphatic heterocycles. The highest BCUT2D eigenvalue weighted by molar-refractivity contribution is 5.94. The summed E-state index contributed by atoms with van der Waals surface area (Å²) in [6.45, 7) is 6.79. The normalized spacial score (nSPS) is 11.0. The quantitative estimate of drug-likeness (QED) is 0.755. The first-order valence-electron chi connectivity index (χ1n) is 6.95. The summed E-state index contributed by atoms with van der Waals surface area (Å²) in [5.41, 5.74) is 3.88. The van der Waals surface area contributed by atoms with E-state index in [1.54, 1.807) is 10.9 Å². The number of nitrogens with zero attached hydrogens (tertiary/aromatic N) is 5. The van der Waals surface area contributed by atoms with Crippen LogP contribution in [0.4, 0.5) is 0 Å². The fraction of sp³-hybridized carbons (Fsp3) is 0.571. The van der Waals surface area contributed by atoms with Gasteiger partial charge in [0, 0.05) is 25.7 Å². The predicted octanol–water partition coefficient (Wildman–Crippen LogP) is 1.85. The molecule has 0 aliphatic rings. The molecule has 0 radical (unpaired) electrons. The molecule has 2 rings (SSSR count). The lowest BCUT2D eigenvalue weighted by Gasteiger charge is -2.04. The molecular formula is C14H21N5O. The maximum Gasteiger partial charge on any atom is 0.182 e. The number of aryl methyl sites for hydroxylation is 3. The molecule has 0 atom stereocenters. The van der Waals surface area contributed by atoms with Crippen LogP contribution >= 0.6 is 0 Å². The molecule has 0 spiro atoms. The highest BCUT2D eigenvalue weighted by atomic mass is 16.1. The molecular weight excluding hydrogens is 254 g/mol. The molecule has 6 nitrogen and oxygen atoms in total. The van der Waals surface area contributed by atoms with Crippen LogP contribution in [0, 0.1) is 13.8 Å². The second-order valence-corrected chi connectivity index (χ2v) is 5.04. The summed E-state index contributed by atoms with van der Waals surface area (Å²) in [7, 11) is 1.92. The first kappa shape index (κ1) is 14.4. The van der Waals surface area contributed by atoms with Crippen LogP contribution in [0.5, 0.6) is 0 Å². The van der Waals surface area contributed by atoms with E-state index >= 15 is 0 Å². The van der Waals surface area contributed by atoms with Crippen LogP contribution in [0.2, 0.25) is 0 Å². The van der Waals surface area contributed by atoms with Crippen LogP contribution in [-0.4, -0.2) is 30.6 Å². The van der Waals surface area contributed by atoms with Crippen LogP contribution < -0.4 is 0 Å². The highest BCUT2D eigenvalue weighted by Crippen LogP contribution is 2.15. The second-order valence-electron chi connectivity index (χ2n) is 5.04. The van der Waals surface area contributed by atoms with Crippen molar-refractivity contribution in [1.29, 1.82) is 0 Å². The van der Waals surface area contributed by atoms with Gasteiger partial charge < -0.3 is 0 Å². The number of ketones is 1. The summed E-state index contributed by atoms with van der Waals surface area (Å²) in [6.07, 6.45) is 3.66. The minimum atomic E-state index is 0.0890. The van der Waals surface area contributed by atoms with Crippen molar-refractivity contribution in [3.05, 3.63) is 28.8 Å². The zero-order chi connectivity index (χ0) is 14.7. The van der Waals surface area contributed by atoms with E-state index < -0.39 is 0 Å². The van der Waals surface area contributed by atoms with Gasteiger partial charge in [-0.25, -0.2) is 4.68 Å². The van der Waals surface area contributed by atoms with Gasteiger partial charge in [0.2, 0.25) is 0 Å². The van der Waals surface area contributed by atoms with Gasteiger partial charge in [-0.15, -0.1) is 5.10 Å². The van der Waals surface area contributed by atoms with E-state index in [1.807, 2.05) is 25.6 Å². The molecule has 2 aromatic rings. The molecule has 108 valence electrons. The molecule has 2 heterocycles. The number of carbonyl (C=O) groups is 1. The Balaban J connectivity index is 2.07. The Morgan fingerprint density at radius 3 is 2.70 bits per heavy atom. The van der Waals surface area contributed by atoms with Gasteiger partial charge in [0.1, 0.15) is 5.69 Å². The van der Waals surface area contributed by atoms with E-state index in [-0.39, 0.29) is 5.78 Å².